The molecule has 0 bridgehead atoms. The van der Waals surface area contributed by atoms with Crippen LogP contribution in [0.2, 0.25) is 0 Å². The van der Waals surface area contributed by atoms with Crippen LogP contribution in [0.4, 0.5) is 4.79 Å². The highest BCUT2D eigenvalue weighted by Gasteiger charge is 2.43. The first-order valence-electron chi connectivity index (χ1n) is 11.2. The maximum absolute atomic E-state index is 13.0. The molecule has 0 fully saturated rings. The predicted molar refractivity (Wildman–Crippen MR) is 128 cm³/mol. The number of rotatable bonds is 7. The van der Waals surface area contributed by atoms with Crippen LogP contribution in [-0.4, -0.2) is 53.8 Å². The average molecular weight is 503 g/mol. The van der Waals surface area contributed by atoms with Crippen LogP contribution in [0.1, 0.15) is 50.4 Å². The third kappa shape index (κ3) is 6.39. The minimum Gasteiger partial charge on any atom is -0.480 e. The van der Waals surface area contributed by atoms with Gasteiger partial charge in [-0.2, -0.15) is 0 Å². The third-order valence-electron chi connectivity index (χ3n) is 5.58. The fourth-order valence-corrected chi connectivity index (χ4v) is 5.97. The molecule has 0 aliphatic carbocycles. The van der Waals surface area contributed by atoms with Crippen molar-refractivity contribution in [3.05, 3.63) is 65.2 Å². The zero-order valence-corrected chi connectivity index (χ0v) is 21.0. The fraction of sp³-hybridized carbons (Fsp3) is 0.400. The molecule has 0 spiro atoms. The molecule has 1 aliphatic rings. The quantitative estimate of drug-likeness (QED) is 0.595. The predicted octanol–water partition coefficient (Wildman–Crippen LogP) is 3.08. The lowest BCUT2D eigenvalue weighted by atomic mass is 9.99. The molecular formula is C25H30N2O7S. The molecular weight excluding hydrogens is 472 g/mol. The SMILES string of the molecule is CC(=O)N(C1CS(=O)(=O)c2cc(CNC(=O)OC(C)(C)C)ccc21)[C@@H](Cc1ccccc1)C(=O)O. The highest BCUT2D eigenvalue weighted by atomic mass is 32.2. The van der Waals surface area contributed by atoms with Gasteiger partial charge in [0.2, 0.25) is 5.91 Å². The molecule has 9 nitrogen and oxygen atoms in total. The van der Waals surface area contributed by atoms with Gasteiger partial charge >= 0.3 is 12.1 Å². The van der Waals surface area contributed by atoms with Crippen LogP contribution in [0.15, 0.2) is 53.4 Å². The number of amides is 2. The molecule has 10 heteroatoms. The Morgan fingerprint density at radius 3 is 2.34 bits per heavy atom. The molecule has 2 amide bonds. The highest BCUT2D eigenvalue weighted by Crippen LogP contribution is 2.39. The molecule has 1 unspecified atom stereocenters. The van der Waals surface area contributed by atoms with Crippen LogP contribution >= 0.6 is 0 Å². The van der Waals surface area contributed by atoms with Crippen LogP contribution in [0.3, 0.4) is 0 Å². The molecule has 188 valence electrons. The summed E-state index contributed by atoms with van der Waals surface area (Å²) in [6, 6.07) is 11.4. The van der Waals surface area contributed by atoms with E-state index in [9.17, 15) is 27.9 Å². The molecule has 2 aromatic carbocycles. The summed E-state index contributed by atoms with van der Waals surface area (Å²) in [4.78, 5) is 38.0. The summed E-state index contributed by atoms with van der Waals surface area (Å²) in [6.07, 6.45) is -0.591. The van der Waals surface area contributed by atoms with Crippen LogP contribution in [0, 0.1) is 0 Å². The second-order valence-corrected chi connectivity index (χ2v) is 11.5. The van der Waals surface area contributed by atoms with E-state index in [1.54, 1.807) is 63.2 Å². The lowest BCUT2D eigenvalue weighted by molar-refractivity contribution is -0.151. The molecule has 0 aromatic heterocycles. The number of sulfone groups is 1. The number of carboxylic acid groups (broad SMARTS) is 1. The smallest absolute Gasteiger partial charge is 0.407 e. The van der Waals surface area contributed by atoms with Gasteiger partial charge in [0.1, 0.15) is 11.6 Å². The van der Waals surface area contributed by atoms with Crippen molar-refractivity contribution >= 4 is 27.8 Å². The van der Waals surface area contributed by atoms with E-state index in [0.717, 1.165) is 10.5 Å². The number of benzene rings is 2. The van der Waals surface area contributed by atoms with Gasteiger partial charge in [-0.1, -0.05) is 42.5 Å². The number of carbonyl (C=O) groups is 3. The number of nitrogens with one attached hydrogen (secondary N) is 1. The molecule has 2 atom stereocenters. The number of fused-ring (bicyclic) bond motifs is 1. The van der Waals surface area contributed by atoms with Crippen molar-refractivity contribution in [1.29, 1.82) is 0 Å². The Morgan fingerprint density at radius 1 is 1.11 bits per heavy atom. The molecule has 35 heavy (non-hydrogen) atoms. The van der Waals surface area contributed by atoms with Gasteiger partial charge in [-0.25, -0.2) is 18.0 Å². The number of nitrogens with zero attached hydrogens (tertiary/aromatic N) is 1. The van der Waals surface area contributed by atoms with Crippen molar-refractivity contribution in [2.24, 2.45) is 0 Å². The molecule has 1 heterocycles. The summed E-state index contributed by atoms with van der Waals surface area (Å²) in [5, 5.41) is 12.5. The van der Waals surface area contributed by atoms with Gasteiger partial charge in [0.05, 0.1) is 16.7 Å². The summed E-state index contributed by atoms with van der Waals surface area (Å²) >= 11 is 0. The van der Waals surface area contributed by atoms with Crippen molar-refractivity contribution < 1.29 is 32.6 Å². The molecule has 2 aromatic rings. The maximum atomic E-state index is 13.0. The standard InChI is InChI=1S/C25H30N2O7S/c1-16(28)27(20(23(29)30)12-17-8-6-5-7-9-17)21-15-35(32,33)22-13-18(10-11-19(21)22)14-26-24(31)34-25(2,3)4/h5-11,13,20-21H,12,14-15H2,1-4H3,(H,26,31)(H,29,30)/t20-,21?/m0/s1. The zero-order valence-electron chi connectivity index (χ0n) is 20.1. The summed E-state index contributed by atoms with van der Waals surface area (Å²) < 4.78 is 31.2. The van der Waals surface area contributed by atoms with Gasteiger partial charge in [0.15, 0.2) is 9.84 Å². The summed E-state index contributed by atoms with van der Waals surface area (Å²) in [7, 11) is -3.79. The van der Waals surface area contributed by atoms with E-state index >= 15 is 0 Å². The van der Waals surface area contributed by atoms with Gasteiger partial charge < -0.3 is 20.1 Å². The lowest BCUT2D eigenvalue weighted by Crippen LogP contribution is -2.48. The first-order chi connectivity index (χ1) is 16.3. The van der Waals surface area contributed by atoms with Crippen LogP contribution in [0.25, 0.3) is 0 Å². The first kappa shape index (κ1) is 26.2. The number of hydrogen-bond acceptors (Lipinski definition) is 6. The minimum absolute atomic E-state index is 0.0288. The summed E-state index contributed by atoms with van der Waals surface area (Å²) in [6.45, 7) is 6.49. The van der Waals surface area contributed by atoms with Crippen molar-refractivity contribution in [3.63, 3.8) is 0 Å². The van der Waals surface area contributed by atoms with Crippen LogP contribution in [0.5, 0.6) is 0 Å². The monoisotopic (exact) mass is 502 g/mol. The third-order valence-corrected chi connectivity index (χ3v) is 7.36. The number of alkyl carbamates (subject to hydrolysis) is 1. The van der Waals surface area contributed by atoms with Crippen molar-refractivity contribution in [1.82, 2.24) is 10.2 Å². The second kappa shape index (κ2) is 10.1. The van der Waals surface area contributed by atoms with Gasteiger partial charge in [0, 0.05) is 19.9 Å². The lowest BCUT2D eigenvalue weighted by Gasteiger charge is -2.33. The molecule has 0 saturated heterocycles. The minimum atomic E-state index is -3.79. The second-order valence-electron chi connectivity index (χ2n) is 9.49. The number of carboxylic acids is 1. The fourth-order valence-electron chi connectivity index (χ4n) is 4.14. The maximum Gasteiger partial charge on any atom is 0.407 e. The number of aliphatic carboxylic acids is 1. The Hall–Kier alpha value is -3.40. The average Bonchev–Trinajstić information content (AvgIpc) is 3.01. The van der Waals surface area contributed by atoms with E-state index < -0.39 is 51.2 Å². The molecule has 0 radical (unpaired) electrons. The zero-order chi connectivity index (χ0) is 26.0. The van der Waals surface area contributed by atoms with Crippen molar-refractivity contribution in [2.45, 2.75) is 63.2 Å². The van der Waals surface area contributed by atoms with E-state index in [4.69, 9.17) is 4.74 Å². The van der Waals surface area contributed by atoms with Gasteiger partial charge in [-0.3, -0.25) is 4.79 Å². The van der Waals surface area contributed by atoms with Gasteiger partial charge in [0.25, 0.3) is 0 Å². The molecule has 3 rings (SSSR count). The van der Waals surface area contributed by atoms with Gasteiger partial charge in [-0.15, -0.1) is 0 Å². The van der Waals surface area contributed by atoms with Crippen molar-refractivity contribution in [2.75, 3.05) is 5.75 Å². The van der Waals surface area contributed by atoms with E-state index in [1.807, 2.05) is 0 Å². The van der Waals surface area contributed by atoms with E-state index in [-0.39, 0.29) is 17.9 Å². The Balaban J connectivity index is 1.90. The summed E-state index contributed by atoms with van der Waals surface area (Å²) in [5.74, 6) is -2.16. The molecule has 0 saturated carbocycles. The van der Waals surface area contributed by atoms with Crippen LogP contribution < -0.4 is 5.32 Å². The largest absolute Gasteiger partial charge is 0.480 e. The number of ether oxygens (including phenoxy) is 1. The van der Waals surface area contributed by atoms with Crippen molar-refractivity contribution in [3.8, 4) is 0 Å². The Morgan fingerprint density at radius 2 is 1.77 bits per heavy atom. The Labute approximate surface area is 205 Å². The Bertz CT molecular complexity index is 1220. The molecule has 2 N–H and O–H groups in total. The number of carbonyl (C=O) groups excluding carboxylic acids is 2. The van der Waals surface area contributed by atoms with E-state index in [0.29, 0.717) is 11.1 Å². The molecule has 1 aliphatic heterocycles. The van der Waals surface area contributed by atoms with Crippen LogP contribution in [-0.2, 0) is 37.1 Å². The topological polar surface area (TPSA) is 130 Å². The number of hydrogen-bond donors (Lipinski definition) is 2. The normalized spacial score (nSPS) is 17.2. The van der Waals surface area contributed by atoms with Gasteiger partial charge in [-0.05, 0) is 43.5 Å². The highest BCUT2D eigenvalue weighted by molar-refractivity contribution is 7.91. The Kier molecular flexibility index (Phi) is 7.54. The van der Waals surface area contributed by atoms with E-state index in [1.165, 1.54) is 13.0 Å². The van der Waals surface area contributed by atoms with E-state index in [2.05, 4.69) is 5.32 Å². The first-order valence-corrected chi connectivity index (χ1v) is 12.8. The summed E-state index contributed by atoms with van der Waals surface area (Å²) in [5.41, 5.74) is 0.943.